The molecule has 0 spiro atoms. The molecule has 34 heavy (non-hydrogen) atoms. The van der Waals surface area contributed by atoms with Crippen molar-refractivity contribution in [2.45, 2.75) is 6.54 Å². The average molecular weight is 465 g/mol. The van der Waals surface area contributed by atoms with Gasteiger partial charge in [0, 0.05) is 49.7 Å². The van der Waals surface area contributed by atoms with Crippen LogP contribution in [0, 0.1) is 11.6 Å². The second-order valence-corrected chi connectivity index (χ2v) is 8.11. The van der Waals surface area contributed by atoms with Gasteiger partial charge in [-0.2, -0.15) is 0 Å². The van der Waals surface area contributed by atoms with Gasteiger partial charge in [0.2, 0.25) is 5.91 Å². The predicted molar refractivity (Wildman–Crippen MR) is 128 cm³/mol. The fraction of sp³-hybridized carbons (Fsp3) is 0.231. The van der Waals surface area contributed by atoms with E-state index in [9.17, 15) is 18.4 Å². The molecule has 0 unspecified atom stereocenters. The lowest BCUT2D eigenvalue weighted by atomic mass is 10.1. The van der Waals surface area contributed by atoms with Crippen LogP contribution in [0.15, 0.2) is 72.8 Å². The van der Waals surface area contributed by atoms with Crippen molar-refractivity contribution in [2.75, 3.05) is 42.9 Å². The van der Waals surface area contributed by atoms with Crippen LogP contribution >= 0.6 is 0 Å². The standard InChI is InChI=1S/C26H26F2N4O2/c27-21-6-4-19(5-7-21)17-29-18-25(33)30-23-8-10-24(11-9-23)31-12-14-32(15-13-31)26(34)20-2-1-3-22(28)16-20/h1-11,16,29H,12-15,17-18H2,(H,30,33). The number of rotatable bonds is 7. The molecular formula is C26H26F2N4O2. The van der Waals surface area contributed by atoms with E-state index in [4.69, 9.17) is 0 Å². The molecule has 8 heteroatoms. The number of carbonyl (C=O) groups is 2. The van der Waals surface area contributed by atoms with Gasteiger partial charge < -0.3 is 20.4 Å². The lowest BCUT2D eigenvalue weighted by Crippen LogP contribution is -2.48. The van der Waals surface area contributed by atoms with Crippen LogP contribution < -0.4 is 15.5 Å². The Morgan fingerprint density at radius 3 is 2.21 bits per heavy atom. The third-order valence-corrected chi connectivity index (χ3v) is 5.68. The van der Waals surface area contributed by atoms with E-state index in [-0.39, 0.29) is 24.2 Å². The molecule has 0 aliphatic carbocycles. The highest BCUT2D eigenvalue weighted by atomic mass is 19.1. The number of piperazine rings is 1. The molecule has 1 aliphatic heterocycles. The molecule has 1 heterocycles. The Kier molecular flexibility index (Phi) is 7.49. The van der Waals surface area contributed by atoms with Gasteiger partial charge in [0.15, 0.2) is 0 Å². The molecule has 2 amide bonds. The molecule has 3 aromatic rings. The van der Waals surface area contributed by atoms with Gasteiger partial charge in [-0.3, -0.25) is 9.59 Å². The van der Waals surface area contributed by atoms with Crippen molar-refractivity contribution >= 4 is 23.2 Å². The van der Waals surface area contributed by atoms with Crippen molar-refractivity contribution in [1.82, 2.24) is 10.2 Å². The van der Waals surface area contributed by atoms with Crippen LogP contribution in [0.4, 0.5) is 20.2 Å². The van der Waals surface area contributed by atoms with Crippen LogP contribution in [0.25, 0.3) is 0 Å². The Labute approximate surface area is 197 Å². The summed E-state index contributed by atoms with van der Waals surface area (Å²) in [6.45, 7) is 3.04. The minimum absolute atomic E-state index is 0.139. The zero-order valence-corrected chi connectivity index (χ0v) is 18.6. The number of hydrogen-bond acceptors (Lipinski definition) is 4. The molecule has 4 rings (SSSR count). The van der Waals surface area contributed by atoms with Crippen molar-refractivity contribution in [3.63, 3.8) is 0 Å². The molecule has 176 valence electrons. The first-order valence-corrected chi connectivity index (χ1v) is 11.1. The SMILES string of the molecule is O=C(CNCc1ccc(F)cc1)Nc1ccc(N2CCN(C(=O)c3cccc(F)c3)CC2)cc1. The van der Waals surface area contributed by atoms with Gasteiger partial charge in [0.1, 0.15) is 11.6 Å². The fourth-order valence-electron chi connectivity index (χ4n) is 3.86. The number of hydrogen-bond donors (Lipinski definition) is 2. The Hall–Kier alpha value is -3.78. The van der Waals surface area contributed by atoms with E-state index in [0.717, 1.165) is 11.3 Å². The van der Waals surface area contributed by atoms with E-state index in [2.05, 4.69) is 15.5 Å². The number of halogens is 2. The van der Waals surface area contributed by atoms with Crippen molar-refractivity contribution in [3.8, 4) is 0 Å². The van der Waals surface area contributed by atoms with Gasteiger partial charge in [0.05, 0.1) is 6.54 Å². The molecule has 0 atom stereocenters. The molecule has 6 nitrogen and oxygen atoms in total. The maximum absolute atomic E-state index is 13.4. The first kappa shape index (κ1) is 23.4. The van der Waals surface area contributed by atoms with E-state index in [1.165, 1.54) is 24.3 Å². The molecule has 1 aliphatic rings. The normalized spacial score (nSPS) is 13.6. The topological polar surface area (TPSA) is 64.7 Å². The third-order valence-electron chi connectivity index (χ3n) is 5.68. The zero-order valence-electron chi connectivity index (χ0n) is 18.6. The fourth-order valence-corrected chi connectivity index (χ4v) is 3.86. The quantitative estimate of drug-likeness (QED) is 0.560. The van der Waals surface area contributed by atoms with Gasteiger partial charge in [-0.25, -0.2) is 8.78 Å². The predicted octanol–water partition coefficient (Wildman–Crippen LogP) is 3.66. The Balaban J connectivity index is 1.22. The number of nitrogens with zero attached hydrogens (tertiary/aromatic N) is 2. The zero-order chi connectivity index (χ0) is 23.9. The summed E-state index contributed by atoms with van der Waals surface area (Å²) in [5, 5.41) is 5.89. The van der Waals surface area contributed by atoms with E-state index in [1.54, 1.807) is 29.2 Å². The molecule has 0 saturated carbocycles. The highest BCUT2D eigenvalue weighted by molar-refractivity contribution is 5.94. The van der Waals surface area contributed by atoms with E-state index in [0.29, 0.717) is 44.0 Å². The molecule has 1 fully saturated rings. The second kappa shape index (κ2) is 10.9. The number of amides is 2. The van der Waals surface area contributed by atoms with Gasteiger partial charge in [0.25, 0.3) is 5.91 Å². The Morgan fingerprint density at radius 1 is 0.824 bits per heavy atom. The third kappa shape index (κ3) is 6.17. The number of nitrogens with one attached hydrogen (secondary N) is 2. The van der Waals surface area contributed by atoms with Gasteiger partial charge >= 0.3 is 0 Å². The van der Waals surface area contributed by atoms with Crippen LogP contribution in [0.1, 0.15) is 15.9 Å². The number of anilines is 2. The monoisotopic (exact) mass is 464 g/mol. The van der Waals surface area contributed by atoms with Crippen LogP contribution in [0.3, 0.4) is 0 Å². The molecular weight excluding hydrogens is 438 g/mol. The van der Waals surface area contributed by atoms with Crippen molar-refractivity contribution in [1.29, 1.82) is 0 Å². The van der Waals surface area contributed by atoms with Gasteiger partial charge in [-0.15, -0.1) is 0 Å². The molecule has 0 aromatic heterocycles. The summed E-state index contributed by atoms with van der Waals surface area (Å²) in [6.07, 6.45) is 0. The maximum Gasteiger partial charge on any atom is 0.254 e. The summed E-state index contributed by atoms with van der Waals surface area (Å²) in [5.41, 5.74) is 2.96. The lowest BCUT2D eigenvalue weighted by molar-refractivity contribution is -0.115. The molecule has 0 bridgehead atoms. The summed E-state index contributed by atoms with van der Waals surface area (Å²) < 4.78 is 26.4. The van der Waals surface area contributed by atoms with Crippen LogP contribution in [-0.2, 0) is 11.3 Å². The van der Waals surface area contributed by atoms with E-state index < -0.39 is 5.82 Å². The number of benzene rings is 3. The molecule has 2 N–H and O–H groups in total. The van der Waals surface area contributed by atoms with Crippen LogP contribution in [-0.4, -0.2) is 49.4 Å². The highest BCUT2D eigenvalue weighted by Gasteiger charge is 2.22. The largest absolute Gasteiger partial charge is 0.368 e. The maximum atomic E-state index is 13.4. The summed E-state index contributed by atoms with van der Waals surface area (Å²) in [5.74, 6) is -1.03. The van der Waals surface area contributed by atoms with Gasteiger partial charge in [-0.1, -0.05) is 18.2 Å². The van der Waals surface area contributed by atoms with Crippen LogP contribution in [0.2, 0.25) is 0 Å². The van der Waals surface area contributed by atoms with Crippen molar-refractivity contribution < 1.29 is 18.4 Å². The van der Waals surface area contributed by atoms with E-state index >= 15 is 0 Å². The molecule has 0 radical (unpaired) electrons. The van der Waals surface area contributed by atoms with Crippen molar-refractivity contribution in [2.24, 2.45) is 0 Å². The first-order chi connectivity index (χ1) is 16.5. The molecule has 1 saturated heterocycles. The lowest BCUT2D eigenvalue weighted by Gasteiger charge is -2.36. The summed E-state index contributed by atoms with van der Waals surface area (Å²) in [7, 11) is 0. The smallest absolute Gasteiger partial charge is 0.254 e. The minimum Gasteiger partial charge on any atom is -0.368 e. The Bertz CT molecular complexity index is 1130. The molecule has 3 aromatic carbocycles. The van der Waals surface area contributed by atoms with Crippen molar-refractivity contribution in [3.05, 3.63) is 95.6 Å². The van der Waals surface area contributed by atoms with E-state index in [1.807, 2.05) is 24.3 Å². The number of carbonyl (C=O) groups excluding carboxylic acids is 2. The second-order valence-electron chi connectivity index (χ2n) is 8.11. The summed E-state index contributed by atoms with van der Waals surface area (Å²) in [6, 6.07) is 19.5. The summed E-state index contributed by atoms with van der Waals surface area (Å²) >= 11 is 0. The van der Waals surface area contributed by atoms with Gasteiger partial charge in [-0.05, 0) is 60.2 Å². The highest BCUT2D eigenvalue weighted by Crippen LogP contribution is 2.20. The van der Waals surface area contributed by atoms with Crippen LogP contribution in [0.5, 0.6) is 0 Å². The first-order valence-electron chi connectivity index (χ1n) is 11.1. The Morgan fingerprint density at radius 2 is 1.53 bits per heavy atom. The average Bonchev–Trinajstić information content (AvgIpc) is 2.85. The summed E-state index contributed by atoms with van der Waals surface area (Å²) in [4.78, 5) is 28.7. The minimum atomic E-state index is -0.416.